The topological polar surface area (TPSA) is 34.0 Å². The first kappa shape index (κ1) is 16.3. The molecule has 1 atom stereocenters. The van der Waals surface area contributed by atoms with E-state index in [1.165, 1.54) is 17.0 Å². The van der Waals surface area contributed by atoms with Gasteiger partial charge in [0, 0.05) is 26.6 Å². The van der Waals surface area contributed by atoms with Crippen molar-refractivity contribution in [1.82, 2.24) is 4.57 Å². The lowest BCUT2D eigenvalue weighted by atomic mass is 10.1. The van der Waals surface area contributed by atoms with E-state index in [0.29, 0.717) is 6.04 Å². The fourth-order valence-electron chi connectivity index (χ4n) is 3.26. The van der Waals surface area contributed by atoms with E-state index in [4.69, 9.17) is 0 Å². The van der Waals surface area contributed by atoms with Crippen molar-refractivity contribution < 1.29 is 4.79 Å². The largest absolute Gasteiger partial charge is 0.346 e. The smallest absolute Gasteiger partial charge is 0.251 e. The molecule has 2 aromatic rings. The molecule has 0 saturated heterocycles. The van der Waals surface area contributed by atoms with E-state index in [0.717, 1.165) is 27.7 Å². The van der Waals surface area contributed by atoms with Gasteiger partial charge in [0.1, 0.15) is 0 Å². The number of allylic oxidation sites excluding steroid dienone is 1. The van der Waals surface area contributed by atoms with Crippen molar-refractivity contribution in [1.29, 1.82) is 0 Å². The fraction of sp³-hybridized carbons (Fsp3) is 0.316. The molecule has 1 aliphatic rings. The molecule has 0 radical (unpaired) electrons. The third-order valence-corrected chi connectivity index (χ3v) is 5.34. The number of aryl methyl sites for hydroxylation is 3. The van der Waals surface area contributed by atoms with E-state index in [1.807, 2.05) is 12.1 Å². The van der Waals surface area contributed by atoms with Gasteiger partial charge in [0.25, 0.3) is 5.91 Å². The number of anilines is 1. The van der Waals surface area contributed by atoms with Crippen molar-refractivity contribution >= 4 is 34.2 Å². The minimum absolute atomic E-state index is 0.0248. The number of hydrogen-bond acceptors (Lipinski definition) is 1. The molecule has 0 spiro atoms. The van der Waals surface area contributed by atoms with Gasteiger partial charge in [0.05, 0.1) is 5.69 Å². The van der Waals surface area contributed by atoms with Crippen LogP contribution < -0.4 is 5.32 Å². The Balaban J connectivity index is 1.70. The molecule has 1 N–H and O–H groups in total. The number of rotatable bonds is 3. The first-order chi connectivity index (χ1) is 11.0. The molecule has 0 aliphatic heterocycles. The minimum Gasteiger partial charge on any atom is -0.346 e. The molecule has 1 aliphatic carbocycles. The number of hydrogen-bond donors (Lipinski definition) is 1. The third-order valence-electron chi connectivity index (χ3n) is 4.45. The summed E-state index contributed by atoms with van der Waals surface area (Å²) in [7, 11) is 0. The Labute approximate surface area is 150 Å². The van der Waals surface area contributed by atoms with Crippen molar-refractivity contribution in [2.45, 2.75) is 39.7 Å². The lowest BCUT2D eigenvalue weighted by Crippen LogP contribution is -2.16. The van der Waals surface area contributed by atoms with Crippen LogP contribution in [-0.2, 0) is 4.79 Å². The maximum absolute atomic E-state index is 12.5. The Bertz CT molecular complexity index is 769. The number of halogens is 1. The molecule has 1 aromatic heterocycles. The Morgan fingerprint density at radius 2 is 1.87 bits per heavy atom. The average Bonchev–Trinajstić information content (AvgIpc) is 3.09. The second-order valence-electron chi connectivity index (χ2n) is 6.25. The Hall–Kier alpha value is -1.56. The van der Waals surface area contributed by atoms with Gasteiger partial charge in [-0.1, -0.05) is 12.1 Å². The van der Waals surface area contributed by atoms with Crippen LogP contribution in [0.25, 0.3) is 0 Å². The van der Waals surface area contributed by atoms with Gasteiger partial charge >= 0.3 is 0 Å². The van der Waals surface area contributed by atoms with Crippen LogP contribution in [0.4, 0.5) is 5.69 Å². The van der Waals surface area contributed by atoms with Crippen LogP contribution in [0.5, 0.6) is 0 Å². The van der Waals surface area contributed by atoms with E-state index in [-0.39, 0.29) is 5.91 Å². The van der Waals surface area contributed by atoms with Crippen LogP contribution in [0.2, 0.25) is 0 Å². The number of amides is 1. The lowest BCUT2D eigenvalue weighted by Gasteiger charge is -2.18. The van der Waals surface area contributed by atoms with E-state index >= 15 is 0 Å². The second-order valence-corrected chi connectivity index (χ2v) is 7.41. The first-order valence-electron chi connectivity index (χ1n) is 7.86. The highest BCUT2D eigenvalue weighted by molar-refractivity contribution is 14.1. The van der Waals surface area contributed by atoms with E-state index < -0.39 is 0 Å². The van der Waals surface area contributed by atoms with Crippen LogP contribution in [0.3, 0.4) is 0 Å². The van der Waals surface area contributed by atoms with Gasteiger partial charge in [-0.05, 0) is 86.0 Å². The molecule has 3 rings (SSSR count). The van der Waals surface area contributed by atoms with E-state index in [9.17, 15) is 4.79 Å². The summed E-state index contributed by atoms with van der Waals surface area (Å²) >= 11 is 2.27. The van der Waals surface area contributed by atoms with Gasteiger partial charge in [-0.15, -0.1) is 0 Å². The zero-order chi connectivity index (χ0) is 16.6. The van der Waals surface area contributed by atoms with Gasteiger partial charge < -0.3 is 9.88 Å². The quantitative estimate of drug-likeness (QED) is 0.703. The summed E-state index contributed by atoms with van der Waals surface area (Å²) < 4.78 is 3.41. The van der Waals surface area contributed by atoms with Crippen molar-refractivity contribution in [3.05, 3.63) is 62.5 Å². The predicted molar refractivity (Wildman–Crippen MR) is 103 cm³/mol. The molecular weight excluding hydrogens is 399 g/mol. The number of carbonyl (C=O) groups is 1. The van der Waals surface area contributed by atoms with Gasteiger partial charge in [-0.2, -0.15) is 0 Å². The van der Waals surface area contributed by atoms with Crippen molar-refractivity contribution in [2.75, 3.05) is 5.32 Å². The monoisotopic (exact) mass is 420 g/mol. The van der Waals surface area contributed by atoms with Crippen LogP contribution >= 0.6 is 22.6 Å². The average molecular weight is 420 g/mol. The van der Waals surface area contributed by atoms with Crippen LogP contribution in [0.15, 0.2) is 42.0 Å². The van der Waals surface area contributed by atoms with Crippen LogP contribution in [0.1, 0.15) is 35.8 Å². The first-order valence-corrected chi connectivity index (χ1v) is 8.94. The van der Waals surface area contributed by atoms with Crippen molar-refractivity contribution in [2.24, 2.45) is 0 Å². The number of nitrogens with zero attached hydrogens (tertiary/aromatic N) is 1. The summed E-state index contributed by atoms with van der Waals surface area (Å²) in [6.45, 7) is 6.30. The molecule has 0 saturated carbocycles. The summed E-state index contributed by atoms with van der Waals surface area (Å²) in [5, 5.41) is 3.05. The normalized spacial score (nSPS) is 17.2. The number of aromatic nitrogens is 1. The minimum atomic E-state index is 0.0248. The van der Waals surface area contributed by atoms with Crippen LogP contribution in [-0.4, -0.2) is 10.5 Å². The molecule has 4 heteroatoms. The van der Waals surface area contributed by atoms with Gasteiger partial charge in [-0.25, -0.2) is 0 Å². The second kappa shape index (κ2) is 6.51. The molecule has 23 heavy (non-hydrogen) atoms. The molecule has 1 heterocycles. The number of nitrogens with one attached hydrogen (secondary N) is 1. The molecular formula is C19H21IN2O. The third kappa shape index (κ3) is 3.37. The standard InChI is InChI=1S/C19H21IN2O/c1-12-4-9-18(17(20)10-12)21-19(23)15-7-8-16(11-15)22-13(2)5-6-14(22)3/h4-7,9-10,16H,8,11H2,1-3H3,(H,21,23)/t16-/m1/s1. The Morgan fingerprint density at radius 1 is 1.17 bits per heavy atom. The van der Waals surface area contributed by atoms with Crippen molar-refractivity contribution in [3.63, 3.8) is 0 Å². The summed E-state index contributed by atoms with van der Waals surface area (Å²) in [5.41, 5.74) is 5.50. The maximum Gasteiger partial charge on any atom is 0.251 e. The highest BCUT2D eigenvalue weighted by Gasteiger charge is 2.24. The summed E-state index contributed by atoms with van der Waals surface area (Å²) in [6, 6.07) is 10.7. The lowest BCUT2D eigenvalue weighted by molar-refractivity contribution is -0.113. The Morgan fingerprint density at radius 3 is 2.52 bits per heavy atom. The van der Waals surface area contributed by atoms with E-state index in [1.54, 1.807) is 0 Å². The molecule has 120 valence electrons. The number of carbonyl (C=O) groups excluding carboxylic acids is 1. The summed E-state index contributed by atoms with van der Waals surface area (Å²) in [4.78, 5) is 12.5. The summed E-state index contributed by atoms with van der Waals surface area (Å²) in [6.07, 6.45) is 3.80. The van der Waals surface area contributed by atoms with Crippen molar-refractivity contribution in [3.8, 4) is 0 Å². The zero-order valence-electron chi connectivity index (χ0n) is 13.7. The molecule has 0 fully saturated rings. The molecule has 1 aromatic carbocycles. The molecule has 3 nitrogen and oxygen atoms in total. The predicted octanol–water partition coefficient (Wildman–Crippen LogP) is 4.92. The summed E-state index contributed by atoms with van der Waals surface area (Å²) in [5.74, 6) is 0.0248. The SMILES string of the molecule is Cc1ccc(NC(=O)C2=CC[C@@H](n3c(C)ccc3C)C2)c(I)c1. The van der Waals surface area contributed by atoms with Gasteiger partial charge in [0.15, 0.2) is 0 Å². The Kier molecular flexibility index (Phi) is 4.62. The molecule has 1 amide bonds. The fourth-order valence-corrected chi connectivity index (χ4v) is 4.07. The van der Waals surface area contributed by atoms with Gasteiger partial charge in [-0.3, -0.25) is 4.79 Å². The highest BCUT2D eigenvalue weighted by atomic mass is 127. The van der Waals surface area contributed by atoms with E-state index in [2.05, 4.69) is 77.5 Å². The maximum atomic E-state index is 12.5. The molecule has 0 bridgehead atoms. The number of benzene rings is 1. The van der Waals surface area contributed by atoms with Gasteiger partial charge in [0.2, 0.25) is 0 Å². The highest BCUT2D eigenvalue weighted by Crippen LogP contribution is 2.33. The molecule has 0 unspecified atom stereocenters. The van der Waals surface area contributed by atoms with Crippen LogP contribution in [0, 0.1) is 24.3 Å². The zero-order valence-corrected chi connectivity index (χ0v) is 15.8.